The van der Waals surface area contributed by atoms with Crippen LogP contribution in [0.15, 0.2) is 22.5 Å². The number of amidine groups is 1. The Balaban J connectivity index is 2.20. The van der Waals surface area contributed by atoms with E-state index in [-0.39, 0.29) is 6.04 Å². The van der Waals surface area contributed by atoms with Gasteiger partial charge in [-0.05, 0) is 11.4 Å². The van der Waals surface area contributed by atoms with Gasteiger partial charge in [0.25, 0.3) is 6.02 Å². The zero-order valence-electron chi connectivity index (χ0n) is 5.86. The number of hydrogen-bond acceptors (Lipinski definition) is 4. The molecule has 0 aliphatic carbocycles. The number of thiophene rings is 1. The quantitative estimate of drug-likeness (QED) is 0.683. The molecule has 4 heteroatoms. The maximum absolute atomic E-state index is 5.36. The van der Waals surface area contributed by atoms with E-state index in [9.17, 15) is 0 Å². The Kier molecular flexibility index (Phi) is 1.54. The highest BCUT2D eigenvalue weighted by atomic mass is 32.1. The zero-order valence-corrected chi connectivity index (χ0v) is 6.67. The molecule has 0 saturated carbocycles. The maximum Gasteiger partial charge on any atom is 0.282 e. The third-order valence-corrected chi connectivity index (χ3v) is 2.52. The third-order valence-electron chi connectivity index (χ3n) is 1.54. The van der Waals surface area contributed by atoms with Gasteiger partial charge in [-0.3, -0.25) is 0 Å². The molecule has 2 rings (SSSR count). The van der Waals surface area contributed by atoms with Crippen LogP contribution in [0.2, 0.25) is 0 Å². The summed E-state index contributed by atoms with van der Waals surface area (Å²) in [7, 11) is 0. The highest BCUT2D eigenvalue weighted by molar-refractivity contribution is 7.10. The van der Waals surface area contributed by atoms with E-state index in [4.69, 9.17) is 10.5 Å². The van der Waals surface area contributed by atoms with Crippen LogP contribution in [0.5, 0.6) is 0 Å². The molecule has 11 heavy (non-hydrogen) atoms. The summed E-state index contributed by atoms with van der Waals surface area (Å²) >= 11 is 1.68. The maximum atomic E-state index is 5.36. The second-order valence-electron chi connectivity index (χ2n) is 2.31. The molecule has 3 nitrogen and oxygen atoms in total. The Morgan fingerprint density at radius 2 is 2.64 bits per heavy atom. The number of ether oxygens (including phenoxy) is 1. The zero-order chi connectivity index (χ0) is 7.68. The minimum atomic E-state index is 0.134. The molecule has 2 heterocycles. The molecule has 1 aromatic heterocycles. The van der Waals surface area contributed by atoms with Gasteiger partial charge in [0.1, 0.15) is 12.6 Å². The summed E-state index contributed by atoms with van der Waals surface area (Å²) in [6.07, 6.45) is 0. The van der Waals surface area contributed by atoms with E-state index in [0.717, 1.165) is 0 Å². The van der Waals surface area contributed by atoms with Crippen LogP contribution in [-0.2, 0) is 4.74 Å². The molecular formula is C7H8N2OS. The number of aliphatic imine (C=N–C) groups is 1. The first-order chi connectivity index (χ1) is 5.36. The molecule has 0 bridgehead atoms. The topological polar surface area (TPSA) is 47.6 Å². The van der Waals surface area contributed by atoms with Gasteiger partial charge in [0.15, 0.2) is 0 Å². The number of nitrogens with zero attached hydrogens (tertiary/aromatic N) is 1. The fraction of sp³-hybridized carbons (Fsp3) is 0.286. The monoisotopic (exact) mass is 168 g/mol. The van der Waals surface area contributed by atoms with Crippen LogP contribution >= 0.6 is 11.3 Å². The lowest BCUT2D eigenvalue weighted by Crippen LogP contribution is -2.10. The Morgan fingerprint density at radius 3 is 3.18 bits per heavy atom. The van der Waals surface area contributed by atoms with Crippen molar-refractivity contribution >= 4 is 17.4 Å². The molecule has 0 fully saturated rings. The fourth-order valence-corrected chi connectivity index (χ4v) is 1.77. The molecule has 1 aliphatic heterocycles. The van der Waals surface area contributed by atoms with Crippen molar-refractivity contribution in [1.82, 2.24) is 0 Å². The summed E-state index contributed by atoms with van der Waals surface area (Å²) in [6.45, 7) is 0.590. The van der Waals surface area contributed by atoms with Crippen molar-refractivity contribution in [2.24, 2.45) is 10.7 Å². The molecule has 1 aliphatic rings. The van der Waals surface area contributed by atoms with Crippen LogP contribution in [0.25, 0.3) is 0 Å². The molecule has 0 amide bonds. The Morgan fingerprint density at radius 1 is 1.73 bits per heavy atom. The largest absolute Gasteiger partial charge is 0.463 e. The smallest absolute Gasteiger partial charge is 0.282 e. The van der Waals surface area contributed by atoms with E-state index >= 15 is 0 Å². The van der Waals surface area contributed by atoms with E-state index in [1.54, 1.807) is 11.3 Å². The summed E-state index contributed by atoms with van der Waals surface area (Å²) < 4.78 is 5.02. The van der Waals surface area contributed by atoms with E-state index in [1.165, 1.54) is 4.88 Å². The minimum Gasteiger partial charge on any atom is -0.463 e. The van der Waals surface area contributed by atoms with Crippen molar-refractivity contribution in [3.63, 3.8) is 0 Å². The van der Waals surface area contributed by atoms with E-state index in [0.29, 0.717) is 12.6 Å². The highest BCUT2D eigenvalue weighted by Crippen LogP contribution is 2.25. The van der Waals surface area contributed by atoms with Crippen molar-refractivity contribution in [3.05, 3.63) is 22.4 Å². The lowest BCUT2D eigenvalue weighted by Gasteiger charge is -1.98. The SMILES string of the molecule is NC1=N[C@H](c2cccs2)CO1. The second kappa shape index (κ2) is 2.54. The van der Waals surface area contributed by atoms with Crippen molar-refractivity contribution in [1.29, 1.82) is 0 Å². The highest BCUT2D eigenvalue weighted by Gasteiger charge is 2.18. The summed E-state index contributed by atoms with van der Waals surface area (Å²) in [5, 5.41) is 2.03. The first-order valence-corrected chi connectivity index (χ1v) is 4.24. The number of rotatable bonds is 1. The van der Waals surface area contributed by atoms with Gasteiger partial charge >= 0.3 is 0 Å². The molecule has 0 radical (unpaired) electrons. The Hall–Kier alpha value is -1.03. The summed E-state index contributed by atoms with van der Waals surface area (Å²) in [5.74, 6) is 0. The standard InChI is InChI=1S/C7H8N2OS/c8-7-9-5(4-10-7)6-2-1-3-11-6/h1-3,5H,4H2,(H2,8,9)/t5-/m0/s1. The predicted octanol–water partition coefficient (Wildman–Crippen LogP) is 1.13. The van der Waals surface area contributed by atoms with Gasteiger partial charge in [-0.2, -0.15) is 0 Å². The van der Waals surface area contributed by atoms with Crippen LogP contribution in [0.4, 0.5) is 0 Å². The number of hydrogen-bond donors (Lipinski definition) is 1. The van der Waals surface area contributed by atoms with Crippen LogP contribution in [0.3, 0.4) is 0 Å². The predicted molar refractivity (Wildman–Crippen MR) is 44.6 cm³/mol. The van der Waals surface area contributed by atoms with Crippen LogP contribution in [0.1, 0.15) is 10.9 Å². The Bertz CT molecular complexity index is 268. The number of nitrogens with two attached hydrogens (primary N) is 1. The lowest BCUT2D eigenvalue weighted by molar-refractivity contribution is 0.316. The van der Waals surface area contributed by atoms with Gasteiger partial charge in [-0.25, -0.2) is 4.99 Å². The molecule has 58 valence electrons. The molecule has 0 saturated heterocycles. The molecule has 0 spiro atoms. The van der Waals surface area contributed by atoms with Crippen molar-refractivity contribution in [3.8, 4) is 0 Å². The van der Waals surface area contributed by atoms with Crippen LogP contribution < -0.4 is 5.73 Å². The van der Waals surface area contributed by atoms with Crippen molar-refractivity contribution < 1.29 is 4.74 Å². The fourth-order valence-electron chi connectivity index (χ4n) is 1.02. The van der Waals surface area contributed by atoms with Gasteiger partial charge in [0, 0.05) is 4.88 Å². The van der Waals surface area contributed by atoms with Gasteiger partial charge in [-0.1, -0.05) is 6.07 Å². The second-order valence-corrected chi connectivity index (χ2v) is 3.29. The summed E-state index contributed by atoms with van der Waals surface area (Å²) in [5.41, 5.74) is 5.36. The minimum absolute atomic E-state index is 0.134. The molecule has 0 aromatic carbocycles. The normalized spacial score (nSPS) is 22.9. The van der Waals surface area contributed by atoms with Crippen molar-refractivity contribution in [2.75, 3.05) is 6.61 Å². The molecule has 1 aromatic rings. The van der Waals surface area contributed by atoms with Crippen LogP contribution in [0, 0.1) is 0 Å². The van der Waals surface area contributed by atoms with Gasteiger partial charge in [-0.15, -0.1) is 11.3 Å². The van der Waals surface area contributed by atoms with E-state index < -0.39 is 0 Å². The Labute approximate surface area is 68.5 Å². The molecular weight excluding hydrogens is 160 g/mol. The van der Waals surface area contributed by atoms with Gasteiger partial charge < -0.3 is 10.5 Å². The average Bonchev–Trinajstić information content (AvgIpc) is 2.55. The van der Waals surface area contributed by atoms with Gasteiger partial charge in [0.2, 0.25) is 0 Å². The van der Waals surface area contributed by atoms with E-state index in [1.807, 2.05) is 17.5 Å². The summed E-state index contributed by atoms with van der Waals surface area (Å²) in [6, 6.07) is 4.49. The molecule has 1 atom stereocenters. The van der Waals surface area contributed by atoms with Gasteiger partial charge in [0.05, 0.1) is 0 Å². The third kappa shape index (κ3) is 1.21. The average molecular weight is 168 g/mol. The summed E-state index contributed by atoms with van der Waals surface area (Å²) in [4.78, 5) is 5.33. The van der Waals surface area contributed by atoms with E-state index in [2.05, 4.69) is 4.99 Å². The van der Waals surface area contributed by atoms with Crippen LogP contribution in [-0.4, -0.2) is 12.6 Å². The molecule has 0 unspecified atom stereocenters. The first kappa shape index (κ1) is 6.67. The first-order valence-electron chi connectivity index (χ1n) is 3.36. The van der Waals surface area contributed by atoms with Crippen molar-refractivity contribution in [2.45, 2.75) is 6.04 Å². The molecule has 2 N–H and O–H groups in total. The lowest BCUT2D eigenvalue weighted by atomic mass is 10.3.